The van der Waals surface area contributed by atoms with Gasteiger partial charge in [0.2, 0.25) is 0 Å². The highest BCUT2D eigenvalue weighted by Crippen LogP contribution is 2.23. The zero-order chi connectivity index (χ0) is 16.8. The molecule has 0 fully saturated rings. The van der Waals surface area contributed by atoms with E-state index in [0.717, 1.165) is 5.56 Å². The van der Waals surface area contributed by atoms with E-state index in [1.54, 1.807) is 13.8 Å². The minimum atomic E-state index is -1.50. The van der Waals surface area contributed by atoms with Crippen molar-refractivity contribution in [2.24, 2.45) is 0 Å². The number of amides is 1. The maximum absolute atomic E-state index is 12.3. The van der Waals surface area contributed by atoms with Gasteiger partial charge in [-0.3, -0.25) is 4.90 Å². The van der Waals surface area contributed by atoms with Crippen molar-refractivity contribution in [1.29, 1.82) is 0 Å². The first-order valence-corrected chi connectivity index (χ1v) is 7.12. The fourth-order valence-corrected chi connectivity index (χ4v) is 2.18. The molecule has 0 spiro atoms. The first-order valence-electron chi connectivity index (χ1n) is 7.12. The monoisotopic (exact) mass is 309 g/mol. The van der Waals surface area contributed by atoms with Crippen LogP contribution in [0.5, 0.6) is 0 Å². The Hall–Kier alpha value is -2.08. The Bertz CT molecular complexity index is 505. The number of carboxylic acid groups (broad SMARTS) is 1. The highest BCUT2D eigenvalue weighted by atomic mass is 16.6. The SMILES string of the molecule is CCN(C(=O)OCc1ccccc1)C(C)(C(=O)O)C(C)OC. The fourth-order valence-electron chi connectivity index (χ4n) is 2.18. The predicted octanol–water partition coefficient (Wildman–Crippen LogP) is 2.52. The van der Waals surface area contributed by atoms with E-state index >= 15 is 0 Å². The van der Waals surface area contributed by atoms with Crippen LogP contribution in [-0.2, 0) is 20.9 Å². The van der Waals surface area contributed by atoms with Gasteiger partial charge in [-0.2, -0.15) is 0 Å². The number of hydrogen-bond acceptors (Lipinski definition) is 4. The van der Waals surface area contributed by atoms with Gasteiger partial charge < -0.3 is 14.6 Å². The predicted molar refractivity (Wildman–Crippen MR) is 81.5 cm³/mol. The fraction of sp³-hybridized carbons (Fsp3) is 0.500. The zero-order valence-electron chi connectivity index (χ0n) is 13.4. The van der Waals surface area contributed by atoms with Gasteiger partial charge in [-0.15, -0.1) is 0 Å². The molecule has 0 aliphatic rings. The number of ether oxygens (including phenoxy) is 2. The van der Waals surface area contributed by atoms with Crippen LogP contribution in [0.3, 0.4) is 0 Å². The minimum Gasteiger partial charge on any atom is -0.479 e. The van der Waals surface area contributed by atoms with Gasteiger partial charge in [0.1, 0.15) is 6.61 Å². The topological polar surface area (TPSA) is 76.1 Å². The Morgan fingerprint density at radius 1 is 1.32 bits per heavy atom. The van der Waals surface area contributed by atoms with Crippen molar-refractivity contribution >= 4 is 12.1 Å². The third kappa shape index (κ3) is 3.76. The number of nitrogens with zero attached hydrogens (tertiary/aromatic N) is 1. The van der Waals surface area contributed by atoms with Crippen molar-refractivity contribution in [2.45, 2.75) is 39.0 Å². The third-order valence-corrected chi connectivity index (χ3v) is 3.88. The van der Waals surface area contributed by atoms with E-state index < -0.39 is 23.7 Å². The Labute approximate surface area is 130 Å². The second-order valence-corrected chi connectivity index (χ2v) is 5.12. The van der Waals surface area contributed by atoms with E-state index in [4.69, 9.17) is 9.47 Å². The summed E-state index contributed by atoms with van der Waals surface area (Å²) in [6.45, 7) is 5.06. The summed E-state index contributed by atoms with van der Waals surface area (Å²) in [6, 6.07) is 9.21. The number of aliphatic carboxylic acids is 1. The molecule has 0 aromatic heterocycles. The molecule has 6 nitrogen and oxygen atoms in total. The lowest BCUT2D eigenvalue weighted by Crippen LogP contribution is -2.61. The number of carbonyl (C=O) groups is 2. The van der Waals surface area contributed by atoms with Crippen LogP contribution < -0.4 is 0 Å². The number of likely N-dealkylation sites (N-methyl/N-ethyl adjacent to an activating group) is 1. The summed E-state index contributed by atoms with van der Waals surface area (Å²) < 4.78 is 10.4. The number of hydrogen-bond donors (Lipinski definition) is 1. The molecule has 1 rings (SSSR count). The quantitative estimate of drug-likeness (QED) is 0.837. The molecule has 1 N–H and O–H groups in total. The van der Waals surface area contributed by atoms with Gasteiger partial charge in [0.15, 0.2) is 5.54 Å². The third-order valence-electron chi connectivity index (χ3n) is 3.88. The van der Waals surface area contributed by atoms with Gasteiger partial charge in [-0.1, -0.05) is 30.3 Å². The van der Waals surface area contributed by atoms with Gasteiger partial charge in [-0.05, 0) is 26.3 Å². The molecule has 2 unspecified atom stereocenters. The highest BCUT2D eigenvalue weighted by molar-refractivity contribution is 5.84. The normalized spacial score (nSPS) is 14.7. The second kappa shape index (κ2) is 7.79. The van der Waals surface area contributed by atoms with Crippen molar-refractivity contribution in [3.63, 3.8) is 0 Å². The molecule has 6 heteroatoms. The van der Waals surface area contributed by atoms with Gasteiger partial charge in [-0.25, -0.2) is 9.59 Å². The van der Waals surface area contributed by atoms with Crippen LogP contribution in [0, 0.1) is 0 Å². The van der Waals surface area contributed by atoms with Crippen molar-refractivity contribution < 1.29 is 24.2 Å². The van der Waals surface area contributed by atoms with E-state index in [0.29, 0.717) is 0 Å². The molecule has 1 aromatic rings. The summed E-state index contributed by atoms with van der Waals surface area (Å²) in [6.07, 6.45) is -1.37. The molecule has 0 saturated heterocycles. The molecule has 1 amide bonds. The van der Waals surface area contributed by atoms with Gasteiger partial charge >= 0.3 is 12.1 Å². The van der Waals surface area contributed by atoms with Crippen LogP contribution in [0.4, 0.5) is 4.79 Å². The lowest BCUT2D eigenvalue weighted by Gasteiger charge is -2.39. The Morgan fingerprint density at radius 2 is 1.91 bits per heavy atom. The summed E-state index contributed by atoms with van der Waals surface area (Å²) >= 11 is 0. The van der Waals surface area contributed by atoms with E-state index in [-0.39, 0.29) is 13.2 Å². The van der Waals surface area contributed by atoms with Crippen molar-refractivity contribution in [2.75, 3.05) is 13.7 Å². The lowest BCUT2D eigenvalue weighted by atomic mass is 9.93. The summed E-state index contributed by atoms with van der Waals surface area (Å²) in [5.41, 5.74) is -0.666. The molecule has 0 saturated carbocycles. The first kappa shape index (κ1) is 18.0. The molecule has 2 atom stereocenters. The molecule has 0 aliphatic heterocycles. The average molecular weight is 309 g/mol. The van der Waals surface area contributed by atoms with Crippen LogP contribution in [0.2, 0.25) is 0 Å². The van der Waals surface area contributed by atoms with Crippen LogP contribution in [0.25, 0.3) is 0 Å². The summed E-state index contributed by atoms with van der Waals surface area (Å²) in [5.74, 6) is -1.14. The molecule has 122 valence electrons. The number of carboxylic acids is 1. The maximum atomic E-state index is 12.3. The molecule has 22 heavy (non-hydrogen) atoms. The summed E-state index contributed by atoms with van der Waals surface area (Å²) in [7, 11) is 1.41. The van der Waals surface area contributed by atoms with Gasteiger partial charge in [0, 0.05) is 13.7 Å². The summed E-state index contributed by atoms with van der Waals surface area (Å²) in [4.78, 5) is 25.1. The lowest BCUT2D eigenvalue weighted by molar-refractivity contribution is -0.158. The smallest absolute Gasteiger partial charge is 0.411 e. The molecule has 0 heterocycles. The van der Waals surface area contributed by atoms with Crippen molar-refractivity contribution in [3.05, 3.63) is 35.9 Å². The Balaban J connectivity index is 2.88. The van der Waals surface area contributed by atoms with E-state index in [1.807, 2.05) is 30.3 Å². The second-order valence-electron chi connectivity index (χ2n) is 5.12. The molecular weight excluding hydrogens is 286 g/mol. The van der Waals surface area contributed by atoms with Gasteiger partial charge in [0.05, 0.1) is 6.10 Å². The Kier molecular flexibility index (Phi) is 6.37. The molecule has 0 aliphatic carbocycles. The number of benzene rings is 1. The molecule has 1 aromatic carbocycles. The van der Waals surface area contributed by atoms with Crippen molar-refractivity contribution in [1.82, 2.24) is 4.90 Å². The van der Waals surface area contributed by atoms with E-state index in [2.05, 4.69) is 0 Å². The number of rotatable bonds is 7. The molecular formula is C16H23NO5. The van der Waals surface area contributed by atoms with Crippen LogP contribution in [-0.4, -0.2) is 47.4 Å². The van der Waals surface area contributed by atoms with Crippen molar-refractivity contribution in [3.8, 4) is 0 Å². The van der Waals surface area contributed by atoms with Crippen LogP contribution >= 0.6 is 0 Å². The zero-order valence-corrected chi connectivity index (χ0v) is 13.4. The Morgan fingerprint density at radius 3 is 2.36 bits per heavy atom. The summed E-state index contributed by atoms with van der Waals surface area (Å²) in [5, 5.41) is 9.54. The van der Waals surface area contributed by atoms with E-state index in [9.17, 15) is 14.7 Å². The average Bonchev–Trinajstić information content (AvgIpc) is 2.53. The highest BCUT2D eigenvalue weighted by Gasteiger charge is 2.47. The largest absolute Gasteiger partial charge is 0.479 e. The van der Waals surface area contributed by atoms with Crippen LogP contribution in [0.1, 0.15) is 26.3 Å². The van der Waals surface area contributed by atoms with Crippen LogP contribution in [0.15, 0.2) is 30.3 Å². The minimum absolute atomic E-state index is 0.0905. The number of methoxy groups -OCH3 is 1. The molecule has 0 bridgehead atoms. The molecule has 0 radical (unpaired) electrons. The van der Waals surface area contributed by atoms with Gasteiger partial charge in [0.25, 0.3) is 0 Å². The number of carbonyl (C=O) groups excluding carboxylic acids is 1. The maximum Gasteiger partial charge on any atom is 0.411 e. The van der Waals surface area contributed by atoms with E-state index in [1.165, 1.54) is 18.9 Å². The standard InChI is InChI=1S/C16H23NO5/c1-5-17(16(3,14(18)19)12(2)21-4)15(20)22-11-13-9-7-6-8-10-13/h6-10,12H,5,11H2,1-4H3,(H,18,19). The first-order chi connectivity index (χ1) is 10.4.